The third-order valence-electron chi connectivity index (χ3n) is 3.14. The molecule has 0 saturated carbocycles. The van der Waals surface area contributed by atoms with Gasteiger partial charge in [-0.1, -0.05) is 0 Å². The van der Waals surface area contributed by atoms with E-state index in [0.29, 0.717) is 11.7 Å². The van der Waals surface area contributed by atoms with Crippen LogP contribution < -0.4 is 5.32 Å². The molecule has 1 aliphatic rings. The quantitative estimate of drug-likeness (QED) is 0.937. The largest absolute Gasteiger partial charge is 0.381 e. The summed E-state index contributed by atoms with van der Waals surface area (Å²) in [5.41, 5.74) is 1.25. The first kappa shape index (κ1) is 12.5. The van der Waals surface area contributed by atoms with Crippen molar-refractivity contribution in [2.75, 3.05) is 16.8 Å². The molecule has 1 saturated heterocycles. The van der Waals surface area contributed by atoms with Gasteiger partial charge in [0.05, 0.1) is 0 Å². The van der Waals surface area contributed by atoms with E-state index in [9.17, 15) is 4.39 Å². The fourth-order valence-electron chi connectivity index (χ4n) is 2.21. The molecule has 19 heavy (non-hydrogen) atoms. The van der Waals surface area contributed by atoms with Crippen molar-refractivity contribution in [3.05, 3.63) is 36.7 Å². The van der Waals surface area contributed by atoms with Crippen LogP contribution in [0.4, 0.5) is 10.1 Å². The Balaban J connectivity index is 1.75. The highest BCUT2D eigenvalue weighted by molar-refractivity contribution is 7.99. The van der Waals surface area contributed by atoms with Gasteiger partial charge in [-0.15, -0.1) is 0 Å². The molecule has 0 bridgehead atoms. The van der Waals surface area contributed by atoms with E-state index in [0.717, 1.165) is 17.9 Å². The summed E-state index contributed by atoms with van der Waals surface area (Å²) in [6, 6.07) is 5.58. The number of aromatic nitrogens is 3. The van der Waals surface area contributed by atoms with E-state index in [2.05, 4.69) is 15.4 Å². The fourth-order valence-corrected chi connectivity index (χ4v) is 3.28. The molecular formula is C13H15FN4S. The second-order valence-corrected chi connectivity index (χ2v) is 5.71. The number of halogens is 1. The molecule has 1 aromatic carbocycles. The van der Waals surface area contributed by atoms with Gasteiger partial charge < -0.3 is 5.32 Å². The monoisotopic (exact) mass is 278 g/mol. The fraction of sp³-hybridized carbons (Fsp3) is 0.385. The molecular weight excluding hydrogens is 263 g/mol. The first-order chi connectivity index (χ1) is 9.33. The van der Waals surface area contributed by atoms with Gasteiger partial charge in [-0.25, -0.2) is 14.1 Å². The third kappa shape index (κ3) is 2.89. The van der Waals surface area contributed by atoms with Crippen LogP contribution in [0.2, 0.25) is 0 Å². The Morgan fingerprint density at radius 1 is 1.42 bits per heavy atom. The maximum absolute atomic E-state index is 14.0. The Morgan fingerprint density at radius 3 is 3.05 bits per heavy atom. The summed E-state index contributed by atoms with van der Waals surface area (Å²) in [5.74, 6) is 2.03. The van der Waals surface area contributed by atoms with Gasteiger partial charge in [0.25, 0.3) is 0 Å². The van der Waals surface area contributed by atoms with Crippen LogP contribution in [0.5, 0.6) is 0 Å². The molecule has 2 aromatic rings. The average Bonchev–Trinajstić information content (AvgIpc) is 2.94. The smallest absolute Gasteiger partial charge is 0.150 e. The lowest BCUT2D eigenvalue weighted by molar-refractivity contribution is 0.610. The van der Waals surface area contributed by atoms with Crippen LogP contribution in [-0.2, 0) is 0 Å². The number of nitrogens with zero attached hydrogens (tertiary/aromatic N) is 3. The highest BCUT2D eigenvalue weighted by atomic mass is 32.2. The Kier molecular flexibility index (Phi) is 3.68. The highest BCUT2D eigenvalue weighted by Crippen LogP contribution is 2.23. The molecule has 1 aromatic heterocycles. The lowest BCUT2D eigenvalue weighted by atomic mass is 10.1. The maximum Gasteiger partial charge on any atom is 0.150 e. The molecule has 1 N–H and O–H groups in total. The molecule has 6 heteroatoms. The van der Waals surface area contributed by atoms with Crippen molar-refractivity contribution in [2.24, 2.45) is 0 Å². The average molecular weight is 278 g/mol. The van der Waals surface area contributed by atoms with E-state index in [-0.39, 0.29) is 5.82 Å². The number of benzene rings is 1. The first-order valence-corrected chi connectivity index (χ1v) is 7.47. The van der Waals surface area contributed by atoms with Gasteiger partial charge in [0.1, 0.15) is 18.3 Å². The van der Waals surface area contributed by atoms with Crippen LogP contribution in [0, 0.1) is 5.82 Å². The minimum Gasteiger partial charge on any atom is -0.381 e. The molecule has 0 amide bonds. The van der Waals surface area contributed by atoms with Gasteiger partial charge in [-0.3, -0.25) is 0 Å². The Morgan fingerprint density at radius 2 is 2.37 bits per heavy atom. The molecule has 0 radical (unpaired) electrons. The van der Waals surface area contributed by atoms with Crippen LogP contribution in [-0.4, -0.2) is 32.3 Å². The lowest BCUT2D eigenvalue weighted by Gasteiger charge is -2.23. The van der Waals surface area contributed by atoms with E-state index >= 15 is 0 Å². The van der Waals surface area contributed by atoms with Gasteiger partial charge in [0, 0.05) is 17.5 Å². The topological polar surface area (TPSA) is 42.7 Å². The molecule has 100 valence electrons. The van der Waals surface area contributed by atoms with E-state index in [4.69, 9.17) is 0 Å². The SMILES string of the molecule is Fc1cc(NC2CCCSC2)ccc1-n1cncn1. The van der Waals surface area contributed by atoms with Crippen molar-refractivity contribution in [2.45, 2.75) is 18.9 Å². The Labute approximate surface area is 115 Å². The summed E-state index contributed by atoms with van der Waals surface area (Å²) in [7, 11) is 0. The third-order valence-corrected chi connectivity index (χ3v) is 4.36. The zero-order valence-corrected chi connectivity index (χ0v) is 11.2. The van der Waals surface area contributed by atoms with Crippen molar-refractivity contribution < 1.29 is 4.39 Å². The highest BCUT2D eigenvalue weighted by Gasteiger charge is 2.14. The molecule has 1 atom stereocenters. The van der Waals surface area contributed by atoms with Crippen molar-refractivity contribution in [1.82, 2.24) is 14.8 Å². The summed E-state index contributed by atoms with van der Waals surface area (Å²) >= 11 is 1.95. The van der Waals surface area contributed by atoms with Crippen LogP contribution in [0.15, 0.2) is 30.9 Å². The van der Waals surface area contributed by atoms with Crippen LogP contribution in [0.25, 0.3) is 5.69 Å². The van der Waals surface area contributed by atoms with Gasteiger partial charge >= 0.3 is 0 Å². The normalized spacial score (nSPS) is 19.3. The molecule has 1 fully saturated rings. The van der Waals surface area contributed by atoms with E-state index in [1.165, 1.54) is 35.6 Å². The first-order valence-electron chi connectivity index (χ1n) is 6.32. The van der Waals surface area contributed by atoms with E-state index in [1.807, 2.05) is 17.8 Å². The summed E-state index contributed by atoms with van der Waals surface area (Å²) in [6.45, 7) is 0. The van der Waals surface area contributed by atoms with E-state index in [1.54, 1.807) is 6.07 Å². The summed E-state index contributed by atoms with van der Waals surface area (Å²) in [6.07, 6.45) is 5.26. The van der Waals surface area contributed by atoms with Gasteiger partial charge in [0.2, 0.25) is 0 Å². The standard InChI is InChI=1S/C13H15FN4S/c14-12-6-10(17-11-2-1-5-19-7-11)3-4-13(12)18-9-15-8-16-18/h3-4,6,8-9,11,17H,1-2,5,7H2. The van der Waals surface area contributed by atoms with Crippen LogP contribution in [0.1, 0.15) is 12.8 Å². The number of rotatable bonds is 3. The maximum atomic E-state index is 14.0. The zero-order valence-electron chi connectivity index (χ0n) is 10.4. The minimum atomic E-state index is -0.293. The molecule has 0 spiro atoms. The number of anilines is 1. The number of hydrogen-bond donors (Lipinski definition) is 1. The van der Waals surface area contributed by atoms with Crippen molar-refractivity contribution in [1.29, 1.82) is 0 Å². The van der Waals surface area contributed by atoms with Crippen LogP contribution in [0.3, 0.4) is 0 Å². The Hall–Kier alpha value is -1.56. The minimum absolute atomic E-state index is 0.293. The molecule has 3 rings (SSSR count). The van der Waals surface area contributed by atoms with Crippen molar-refractivity contribution in [3.63, 3.8) is 0 Å². The summed E-state index contributed by atoms with van der Waals surface area (Å²) in [5, 5.41) is 7.32. The summed E-state index contributed by atoms with van der Waals surface area (Å²) < 4.78 is 15.5. The summed E-state index contributed by atoms with van der Waals surface area (Å²) in [4.78, 5) is 3.82. The molecule has 4 nitrogen and oxygen atoms in total. The van der Waals surface area contributed by atoms with Gasteiger partial charge in [0.15, 0.2) is 5.82 Å². The molecule has 0 aliphatic carbocycles. The molecule has 2 heterocycles. The van der Waals surface area contributed by atoms with E-state index < -0.39 is 0 Å². The number of hydrogen-bond acceptors (Lipinski definition) is 4. The second-order valence-electron chi connectivity index (χ2n) is 4.56. The predicted octanol–water partition coefficient (Wildman–Crippen LogP) is 2.71. The van der Waals surface area contributed by atoms with Gasteiger partial charge in [-0.05, 0) is 36.8 Å². The lowest BCUT2D eigenvalue weighted by Crippen LogP contribution is -2.25. The zero-order chi connectivity index (χ0) is 13.1. The van der Waals surface area contributed by atoms with Gasteiger partial charge in [-0.2, -0.15) is 16.9 Å². The molecule has 1 unspecified atom stereocenters. The number of thioether (sulfide) groups is 1. The predicted molar refractivity (Wildman–Crippen MR) is 75.3 cm³/mol. The number of nitrogens with one attached hydrogen (secondary N) is 1. The van der Waals surface area contributed by atoms with Crippen LogP contribution >= 0.6 is 11.8 Å². The molecule has 1 aliphatic heterocycles. The van der Waals surface area contributed by atoms with Crippen molar-refractivity contribution in [3.8, 4) is 5.69 Å². The Bertz CT molecular complexity index is 538. The second kappa shape index (κ2) is 5.61. The van der Waals surface area contributed by atoms with Crippen molar-refractivity contribution >= 4 is 17.4 Å².